The molecule has 0 bridgehead atoms. The number of rotatable bonds is 5. The van der Waals surface area contributed by atoms with Crippen LogP contribution >= 0.6 is 34.8 Å². The summed E-state index contributed by atoms with van der Waals surface area (Å²) in [6.07, 6.45) is 0. The van der Waals surface area contributed by atoms with Gasteiger partial charge in [-0.3, -0.25) is 14.5 Å². The summed E-state index contributed by atoms with van der Waals surface area (Å²) >= 11 is 17.8. The van der Waals surface area contributed by atoms with Crippen molar-refractivity contribution in [3.63, 3.8) is 0 Å². The van der Waals surface area contributed by atoms with Crippen molar-refractivity contribution in [2.75, 3.05) is 39.5 Å². The van der Waals surface area contributed by atoms with Crippen LogP contribution < -0.4 is 5.32 Å². The zero-order chi connectivity index (χ0) is 16.2. The second kappa shape index (κ2) is 7.84. The minimum absolute atomic E-state index is 0.0366. The van der Waals surface area contributed by atoms with Crippen LogP contribution in [-0.4, -0.2) is 55.8 Å². The first-order valence-electron chi connectivity index (χ1n) is 6.03. The van der Waals surface area contributed by atoms with E-state index in [4.69, 9.17) is 34.8 Å². The van der Waals surface area contributed by atoms with Gasteiger partial charge in [-0.15, -0.1) is 0 Å². The van der Waals surface area contributed by atoms with Gasteiger partial charge in [0, 0.05) is 19.1 Å². The van der Waals surface area contributed by atoms with Gasteiger partial charge in [0.2, 0.25) is 11.8 Å². The van der Waals surface area contributed by atoms with Crippen molar-refractivity contribution in [3.05, 3.63) is 27.2 Å². The van der Waals surface area contributed by atoms with Crippen LogP contribution in [0.15, 0.2) is 12.1 Å². The number of halogens is 3. The van der Waals surface area contributed by atoms with Gasteiger partial charge in [0.05, 0.1) is 28.8 Å². The summed E-state index contributed by atoms with van der Waals surface area (Å²) in [6, 6.07) is 2.98. The topological polar surface area (TPSA) is 52.7 Å². The third-order valence-corrected chi connectivity index (χ3v) is 3.40. The van der Waals surface area contributed by atoms with Gasteiger partial charge >= 0.3 is 0 Å². The van der Waals surface area contributed by atoms with Gasteiger partial charge in [0.25, 0.3) is 0 Å². The molecule has 0 aliphatic rings. The molecule has 0 aliphatic heterocycles. The lowest BCUT2D eigenvalue weighted by atomic mass is 10.3. The SMILES string of the molecule is CN(CC(=O)Nc1c(Cl)cc(Cl)cc1Cl)CC(=O)N(C)C. The first-order chi connectivity index (χ1) is 9.70. The average Bonchev–Trinajstić information content (AvgIpc) is 2.33. The number of amides is 2. The monoisotopic (exact) mass is 351 g/mol. The van der Waals surface area contributed by atoms with Crippen molar-refractivity contribution in [1.29, 1.82) is 0 Å². The van der Waals surface area contributed by atoms with Crippen molar-refractivity contribution < 1.29 is 9.59 Å². The smallest absolute Gasteiger partial charge is 0.238 e. The third kappa shape index (κ3) is 5.71. The Morgan fingerprint density at radius 1 is 1.05 bits per heavy atom. The van der Waals surface area contributed by atoms with Gasteiger partial charge in [-0.2, -0.15) is 0 Å². The number of hydrogen-bond donors (Lipinski definition) is 1. The summed E-state index contributed by atoms with van der Waals surface area (Å²) in [5, 5.41) is 3.51. The van der Waals surface area contributed by atoms with Gasteiger partial charge in [-0.05, 0) is 19.2 Å². The minimum Gasteiger partial charge on any atom is -0.348 e. The molecule has 1 aromatic carbocycles. The van der Waals surface area contributed by atoms with Crippen LogP contribution in [0, 0.1) is 0 Å². The first-order valence-corrected chi connectivity index (χ1v) is 7.17. The molecule has 1 N–H and O–H groups in total. The molecule has 1 aromatic rings. The Kier molecular flexibility index (Phi) is 6.74. The summed E-state index contributed by atoms with van der Waals surface area (Å²) in [5.41, 5.74) is 0.306. The highest BCUT2D eigenvalue weighted by atomic mass is 35.5. The van der Waals surface area contributed by atoms with E-state index in [1.54, 1.807) is 26.0 Å². The van der Waals surface area contributed by atoms with Crippen LogP contribution in [0.3, 0.4) is 0 Å². The molecule has 0 unspecified atom stereocenters. The second-order valence-electron chi connectivity index (χ2n) is 4.75. The number of nitrogens with zero attached hydrogens (tertiary/aromatic N) is 2. The van der Waals surface area contributed by atoms with E-state index in [1.807, 2.05) is 0 Å². The fraction of sp³-hybridized carbons (Fsp3) is 0.385. The van der Waals surface area contributed by atoms with E-state index in [1.165, 1.54) is 17.0 Å². The van der Waals surface area contributed by atoms with Crippen LogP contribution in [0.25, 0.3) is 0 Å². The van der Waals surface area contributed by atoms with Crippen LogP contribution in [0.5, 0.6) is 0 Å². The molecular weight excluding hydrogens is 337 g/mol. The number of hydrogen-bond acceptors (Lipinski definition) is 3. The molecule has 5 nitrogen and oxygen atoms in total. The molecule has 0 fully saturated rings. The lowest BCUT2D eigenvalue weighted by Crippen LogP contribution is -2.38. The normalized spacial score (nSPS) is 10.6. The molecule has 21 heavy (non-hydrogen) atoms. The van der Waals surface area contributed by atoms with Crippen molar-refractivity contribution in [2.45, 2.75) is 0 Å². The van der Waals surface area contributed by atoms with Gasteiger partial charge in [-0.1, -0.05) is 34.8 Å². The van der Waals surface area contributed by atoms with Gasteiger partial charge in [-0.25, -0.2) is 0 Å². The molecule has 0 spiro atoms. The van der Waals surface area contributed by atoms with Crippen LogP contribution in [0.2, 0.25) is 15.1 Å². The zero-order valence-corrected chi connectivity index (χ0v) is 14.2. The summed E-state index contributed by atoms with van der Waals surface area (Å²) < 4.78 is 0. The van der Waals surface area contributed by atoms with E-state index in [9.17, 15) is 9.59 Å². The molecule has 0 saturated heterocycles. The summed E-state index contributed by atoms with van der Waals surface area (Å²) in [4.78, 5) is 26.5. The highest BCUT2D eigenvalue weighted by Crippen LogP contribution is 2.33. The zero-order valence-electron chi connectivity index (χ0n) is 11.9. The Morgan fingerprint density at radius 2 is 1.57 bits per heavy atom. The maximum atomic E-state index is 11.9. The molecule has 0 atom stereocenters. The van der Waals surface area contributed by atoms with Crippen molar-refractivity contribution in [3.8, 4) is 0 Å². The van der Waals surface area contributed by atoms with Crippen molar-refractivity contribution in [1.82, 2.24) is 9.80 Å². The van der Waals surface area contributed by atoms with Crippen LogP contribution in [-0.2, 0) is 9.59 Å². The average molecular weight is 353 g/mol. The third-order valence-electron chi connectivity index (χ3n) is 2.59. The maximum Gasteiger partial charge on any atom is 0.238 e. The Morgan fingerprint density at radius 3 is 2.05 bits per heavy atom. The van der Waals surface area contributed by atoms with Crippen LogP contribution in [0.1, 0.15) is 0 Å². The molecule has 116 valence electrons. The highest BCUT2D eigenvalue weighted by molar-refractivity contribution is 6.42. The molecule has 0 radical (unpaired) electrons. The Labute approximate surface area is 138 Å². The maximum absolute atomic E-state index is 11.9. The number of nitrogens with one attached hydrogen (secondary N) is 1. The van der Waals surface area contributed by atoms with Crippen molar-refractivity contribution in [2.24, 2.45) is 0 Å². The number of anilines is 1. The number of likely N-dealkylation sites (N-methyl/N-ethyl adjacent to an activating group) is 2. The van der Waals surface area contributed by atoms with Crippen LogP contribution in [0.4, 0.5) is 5.69 Å². The quantitative estimate of drug-likeness (QED) is 0.886. The van der Waals surface area contributed by atoms with E-state index in [0.717, 1.165) is 0 Å². The largest absolute Gasteiger partial charge is 0.348 e. The molecule has 0 heterocycles. The molecular formula is C13H16Cl3N3O2. The van der Waals surface area contributed by atoms with E-state index in [2.05, 4.69) is 5.32 Å². The van der Waals surface area contributed by atoms with Gasteiger partial charge in [0.1, 0.15) is 0 Å². The molecule has 0 saturated carbocycles. The molecule has 0 aliphatic carbocycles. The Bertz CT molecular complexity index is 526. The number of benzene rings is 1. The Balaban J connectivity index is 2.64. The summed E-state index contributed by atoms with van der Waals surface area (Å²) in [5.74, 6) is -0.414. The molecule has 2 amide bonds. The molecule has 8 heteroatoms. The highest BCUT2D eigenvalue weighted by Gasteiger charge is 2.15. The predicted molar refractivity (Wildman–Crippen MR) is 86.3 cm³/mol. The summed E-state index contributed by atoms with van der Waals surface area (Å²) in [6.45, 7) is 0.178. The standard InChI is InChI=1S/C13H16Cl3N3O2/c1-18(2)12(21)7-19(3)6-11(20)17-13-9(15)4-8(14)5-10(13)16/h4-5H,6-7H2,1-3H3,(H,17,20). The summed E-state index contributed by atoms with van der Waals surface area (Å²) in [7, 11) is 4.99. The molecule has 1 rings (SSSR count). The number of carbonyl (C=O) groups excluding carboxylic acids is 2. The van der Waals surface area contributed by atoms with E-state index in [0.29, 0.717) is 10.7 Å². The van der Waals surface area contributed by atoms with Gasteiger partial charge in [0.15, 0.2) is 0 Å². The first kappa shape index (κ1) is 18.0. The van der Waals surface area contributed by atoms with Gasteiger partial charge < -0.3 is 10.2 Å². The predicted octanol–water partition coefficient (Wildman–Crippen LogP) is 2.61. The van der Waals surface area contributed by atoms with E-state index in [-0.39, 0.29) is 34.9 Å². The fourth-order valence-corrected chi connectivity index (χ4v) is 2.43. The lowest BCUT2D eigenvalue weighted by Gasteiger charge is -2.19. The Hall–Kier alpha value is -1.01. The fourth-order valence-electron chi connectivity index (χ4n) is 1.51. The van der Waals surface area contributed by atoms with E-state index >= 15 is 0 Å². The second-order valence-corrected chi connectivity index (χ2v) is 6.00. The molecule has 0 aromatic heterocycles. The minimum atomic E-state index is -0.324. The number of carbonyl (C=O) groups is 2. The lowest BCUT2D eigenvalue weighted by molar-refractivity contribution is -0.130. The van der Waals surface area contributed by atoms with E-state index < -0.39 is 0 Å². The van der Waals surface area contributed by atoms with Crippen molar-refractivity contribution >= 4 is 52.3 Å².